The molecule has 0 bridgehead atoms. The maximum Gasteiger partial charge on any atom is 0.147 e. The van der Waals surface area contributed by atoms with Crippen LogP contribution in [0.15, 0.2) is 18.2 Å². The van der Waals surface area contributed by atoms with Crippen LogP contribution in [0.3, 0.4) is 0 Å². The number of alkyl halides is 1. The van der Waals surface area contributed by atoms with Crippen molar-refractivity contribution in [1.82, 2.24) is 10.2 Å². The number of hydrogen-bond acceptors (Lipinski definition) is 3. The van der Waals surface area contributed by atoms with E-state index < -0.39 is 0 Å². The molecule has 0 radical (unpaired) electrons. The molecule has 2 nitrogen and oxygen atoms in total. The standard InChI is InChI=1S/C11H10Cl2N2S/c1-6-3-4-8(5-9(6)13)11-15-14-10(16-11)7(2)12/h3-5,7H,1-2H3. The Morgan fingerprint density at radius 3 is 2.62 bits per heavy atom. The third kappa shape index (κ3) is 2.37. The van der Waals surface area contributed by atoms with Crippen LogP contribution in [-0.2, 0) is 0 Å². The second kappa shape index (κ2) is 4.70. The van der Waals surface area contributed by atoms with Crippen molar-refractivity contribution < 1.29 is 0 Å². The molecule has 1 heterocycles. The lowest BCUT2D eigenvalue weighted by molar-refractivity contribution is 0.962. The Morgan fingerprint density at radius 2 is 2.06 bits per heavy atom. The number of aryl methyl sites for hydroxylation is 1. The van der Waals surface area contributed by atoms with Crippen molar-refractivity contribution >= 4 is 34.5 Å². The summed E-state index contributed by atoms with van der Waals surface area (Å²) < 4.78 is 0. The van der Waals surface area contributed by atoms with E-state index in [1.807, 2.05) is 32.0 Å². The van der Waals surface area contributed by atoms with Gasteiger partial charge in [0.2, 0.25) is 0 Å². The van der Waals surface area contributed by atoms with Crippen molar-refractivity contribution in [2.45, 2.75) is 19.2 Å². The van der Waals surface area contributed by atoms with Gasteiger partial charge in [-0.05, 0) is 25.5 Å². The second-order valence-electron chi connectivity index (χ2n) is 3.53. The highest BCUT2D eigenvalue weighted by Crippen LogP contribution is 2.31. The molecule has 1 unspecified atom stereocenters. The fourth-order valence-corrected chi connectivity index (χ4v) is 2.36. The Labute approximate surface area is 108 Å². The number of aromatic nitrogens is 2. The van der Waals surface area contributed by atoms with E-state index >= 15 is 0 Å². The lowest BCUT2D eigenvalue weighted by atomic mass is 10.2. The molecule has 0 N–H and O–H groups in total. The summed E-state index contributed by atoms with van der Waals surface area (Å²) in [5, 5.41) is 10.5. The largest absolute Gasteiger partial charge is 0.147 e. The molecule has 1 aromatic carbocycles. The molecule has 0 saturated heterocycles. The number of halogens is 2. The van der Waals surface area contributed by atoms with Crippen LogP contribution < -0.4 is 0 Å². The Hall–Kier alpha value is -0.640. The SMILES string of the molecule is Cc1ccc(-c2nnc(C(C)Cl)s2)cc1Cl. The van der Waals surface area contributed by atoms with Gasteiger partial charge in [-0.25, -0.2) is 0 Å². The fraction of sp³-hybridized carbons (Fsp3) is 0.273. The van der Waals surface area contributed by atoms with Crippen LogP contribution in [0.4, 0.5) is 0 Å². The molecular formula is C11H10Cl2N2S. The Morgan fingerprint density at radius 1 is 1.31 bits per heavy atom. The lowest BCUT2D eigenvalue weighted by Crippen LogP contribution is -1.81. The summed E-state index contributed by atoms with van der Waals surface area (Å²) in [6.07, 6.45) is 0. The van der Waals surface area contributed by atoms with Gasteiger partial charge in [-0.2, -0.15) is 0 Å². The van der Waals surface area contributed by atoms with Crippen LogP contribution >= 0.6 is 34.5 Å². The number of rotatable bonds is 2. The summed E-state index contributed by atoms with van der Waals surface area (Å²) in [7, 11) is 0. The minimum Gasteiger partial charge on any atom is -0.142 e. The first-order valence-corrected chi connectivity index (χ1v) is 6.45. The van der Waals surface area contributed by atoms with Gasteiger partial charge in [0.05, 0.1) is 5.38 Å². The molecule has 2 rings (SSSR count). The predicted octanol–water partition coefficient (Wildman–Crippen LogP) is 4.47. The zero-order chi connectivity index (χ0) is 11.7. The summed E-state index contributed by atoms with van der Waals surface area (Å²) in [5.74, 6) is 0. The summed E-state index contributed by atoms with van der Waals surface area (Å²) in [5.41, 5.74) is 2.04. The summed E-state index contributed by atoms with van der Waals surface area (Å²) in [6, 6.07) is 5.87. The minimum absolute atomic E-state index is 0.104. The number of nitrogens with zero attached hydrogens (tertiary/aromatic N) is 2. The molecule has 2 aromatic rings. The van der Waals surface area contributed by atoms with Crippen LogP contribution in [0.1, 0.15) is 22.9 Å². The Kier molecular flexibility index (Phi) is 3.47. The van der Waals surface area contributed by atoms with E-state index in [0.717, 1.165) is 26.2 Å². The minimum atomic E-state index is -0.104. The van der Waals surface area contributed by atoms with Gasteiger partial charge in [0.25, 0.3) is 0 Å². The molecule has 0 aliphatic carbocycles. The summed E-state index contributed by atoms with van der Waals surface area (Å²) in [6.45, 7) is 3.85. The van der Waals surface area contributed by atoms with Gasteiger partial charge >= 0.3 is 0 Å². The van der Waals surface area contributed by atoms with Crippen molar-refractivity contribution in [3.05, 3.63) is 33.8 Å². The van der Waals surface area contributed by atoms with Crippen LogP contribution in [0.5, 0.6) is 0 Å². The Bertz CT molecular complexity index is 508. The highest BCUT2D eigenvalue weighted by Gasteiger charge is 2.11. The van der Waals surface area contributed by atoms with E-state index in [0.29, 0.717) is 0 Å². The van der Waals surface area contributed by atoms with Crippen LogP contribution in [0.2, 0.25) is 5.02 Å². The van der Waals surface area contributed by atoms with Crippen molar-refractivity contribution in [3.63, 3.8) is 0 Å². The quantitative estimate of drug-likeness (QED) is 0.754. The normalized spacial score (nSPS) is 12.8. The fourth-order valence-electron chi connectivity index (χ4n) is 1.24. The molecule has 0 amide bonds. The zero-order valence-corrected chi connectivity index (χ0v) is 11.2. The highest BCUT2D eigenvalue weighted by molar-refractivity contribution is 7.15. The molecule has 0 aliphatic heterocycles. The second-order valence-corrected chi connectivity index (χ2v) is 5.60. The molecule has 5 heteroatoms. The van der Waals surface area contributed by atoms with Crippen molar-refractivity contribution in [2.75, 3.05) is 0 Å². The highest BCUT2D eigenvalue weighted by atomic mass is 35.5. The van der Waals surface area contributed by atoms with Crippen molar-refractivity contribution in [1.29, 1.82) is 0 Å². The van der Waals surface area contributed by atoms with Crippen LogP contribution in [-0.4, -0.2) is 10.2 Å². The van der Waals surface area contributed by atoms with E-state index in [9.17, 15) is 0 Å². The Balaban J connectivity index is 2.39. The third-order valence-electron chi connectivity index (χ3n) is 2.20. The third-order valence-corrected chi connectivity index (χ3v) is 4.10. The van der Waals surface area contributed by atoms with E-state index in [1.54, 1.807) is 0 Å². The van der Waals surface area contributed by atoms with Crippen molar-refractivity contribution in [2.24, 2.45) is 0 Å². The van der Waals surface area contributed by atoms with E-state index in [4.69, 9.17) is 23.2 Å². The van der Waals surface area contributed by atoms with Gasteiger partial charge in [-0.1, -0.05) is 35.1 Å². The maximum atomic E-state index is 6.06. The van der Waals surface area contributed by atoms with Gasteiger partial charge in [0, 0.05) is 10.6 Å². The van der Waals surface area contributed by atoms with Crippen LogP contribution in [0.25, 0.3) is 10.6 Å². The first kappa shape index (κ1) is 11.8. The molecule has 84 valence electrons. The van der Waals surface area contributed by atoms with Gasteiger partial charge in [-0.15, -0.1) is 21.8 Å². The molecular weight excluding hydrogens is 263 g/mol. The van der Waals surface area contributed by atoms with Gasteiger partial charge in [0.1, 0.15) is 10.0 Å². The zero-order valence-electron chi connectivity index (χ0n) is 8.87. The molecule has 0 aliphatic rings. The van der Waals surface area contributed by atoms with E-state index in [-0.39, 0.29) is 5.38 Å². The first-order valence-electron chi connectivity index (χ1n) is 4.82. The molecule has 0 fully saturated rings. The number of hydrogen-bond donors (Lipinski definition) is 0. The smallest absolute Gasteiger partial charge is 0.142 e. The molecule has 0 spiro atoms. The van der Waals surface area contributed by atoms with Gasteiger partial charge in [0.15, 0.2) is 0 Å². The molecule has 16 heavy (non-hydrogen) atoms. The van der Waals surface area contributed by atoms with Crippen molar-refractivity contribution in [3.8, 4) is 10.6 Å². The topological polar surface area (TPSA) is 25.8 Å². The molecule has 1 atom stereocenters. The maximum absolute atomic E-state index is 6.06. The lowest BCUT2D eigenvalue weighted by Gasteiger charge is -1.99. The molecule has 0 saturated carbocycles. The summed E-state index contributed by atoms with van der Waals surface area (Å²) >= 11 is 13.5. The van der Waals surface area contributed by atoms with Crippen LogP contribution in [0, 0.1) is 6.92 Å². The average Bonchev–Trinajstić information content (AvgIpc) is 2.71. The van der Waals surface area contributed by atoms with Gasteiger partial charge in [-0.3, -0.25) is 0 Å². The van der Waals surface area contributed by atoms with E-state index in [1.165, 1.54) is 11.3 Å². The number of benzene rings is 1. The monoisotopic (exact) mass is 272 g/mol. The predicted molar refractivity (Wildman–Crippen MR) is 69.4 cm³/mol. The average molecular weight is 273 g/mol. The van der Waals surface area contributed by atoms with E-state index in [2.05, 4.69) is 10.2 Å². The van der Waals surface area contributed by atoms with Gasteiger partial charge < -0.3 is 0 Å². The first-order chi connectivity index (χ1) is 7.58. The molecule has 1 aromatic heterocycles. The summed E-state index contributed by atoms with van der Waals surface area (Å²) in [4.78, 5) is 0.